The van der Waals surface area contributed by atoms with Gasteiger partial charge in [0.25, 0.3) is 0 Å². The molecule has 1 aromatic rings. The van der Waals surface area contributed by atoms with Crippen molar-refractivity contribution in [1.29, 1.82) is 0 Å². The monoisotopic (exact) mass is 335 g/mol. The molecule has 1 fully saturated rings. The molecule has 2 amide bonds. The number of hydrogen-bond donors (Lipinski definition) is 1. The van der Waals surface area contributed by atoms with Crippen molar-refractivity contribution in [3.05, 3.63) is 29.8 Å². The maximum atomic E-state index is 12.3. The SMILES string of the molecule is CCNC(=O)CN1CCN(C(=O)CSc2ccc(C)cc2)CC1. The molecule has 0 bridgehead atoms. The van der Waals surface area contributed by atoms with Gasteiger partial charge in [-0.05, 0) is 26.0 Å². The van der Waals surface area contributed by atoms with E-state index in [2.05, 4.69) is 41.4 Å². The van der Waals surface area contributed by atoms with Gasteiger partial charge in [-0.1, -0.05) is 17.7 Å². The molecule has 6 heteroatoms. The third kappa shape index (κ3) is 5.88. The van der Waals surface area contributed by atoms with Crippen LogP contribution in [-0.4, -0.2) is 66.6 Å². The van der Waals surface area contributed by atoms with Crippen LogP contribution in [0.25, 0.3) is 0 Å². The van der Waals surface area contributed by atoms with Gasteiger partial charge in [-0.15, -0.1) is 11.8 Å². The second-order valence-corrected chi connectivity index (χ2v) is 6.76. The molecule has 126 valence electrons. The van der Waals surface area contributed by atoms with Gasteiger partial charge in [0.15, 0.2) is 0 Å². The Bertz CT molecular complexity index is 525. The number of likely N-dealkylation sites (N-methyl/N-ethyl adjacent to an activating group) is 1. The van der Waals surface area contributed by atoms with Crippen LogP contribution in [0.5, 0.6) is 0 Å². The predicted molar refractivity (Wildman–Crippen MR) is 93.6 cm³/mol. The maximum absolute atomic E-state index is 12.3. The number of thioether (sulfide) groups is 1. The lowest BCUT2D eigenvalue weighted by Gasteiger charge is -2.34. The molecule has 1 N–H and O–H groups in total. The van der Waals surface area contributed by atoms with E-state index >= 15 is 0 Å². The van der Waals surface area contributed by atoms with Crippen LogP contribution in [0.3, 0.4) is 0 Å². The lowest BCUT2D eigenvalue weighted by molar-refractivity contribution is -0.130. The molecule has 1 aliphatic rings. The molecule has 23 heavy (non-hydrogen) atoms. The molecule has 0 aliphatic carbocycles. The smallest absolute Gasteiger partial charge is 0.234 e. The third-order valence-electron chi connectivity index (χ3n) is 3.85. The molecule has 2 rings (SSSR count). The van der Waals surface area contributed by atoms with E-state index in [-0.39, 0.29) is 11.8 Å². The molecule has 1 heterocycles. The number of carbonyl (C=O) groups excluding carboxylic acids is 2. The number of hydrogen-bond acceptors (Lipinski definition) is 4. The fourth-order valence-electron chi connectivity index (χ4n) is 2.48. The quantitative estimate of drug-likeness (QED) is 0.798. The van der Waals surface area contributed by atoms with Crippen molar-refractivity contribution in [3.8, 4) is 0 Å². The molecule has 1 aromatic carbocycles. The fraction of sp³-hybridized carbons (Fsp3) is 0.529. The van der Waals surface area contributed by atoms with E-state index in [1.165, 1.54) is 5.56 Å². The summed E-state index contributed by atoms with van der Waals surface area (Å²) in [5.74, 6) is 0.703. The average Bonchev–Trinajstić information content (AvgIpc) is 2.55. The first-order valence-corrected chi connectivity index (χ1v) is 9.03. The number of carbonyl (C=O) groups is 2. The zero-order valence-corrected chi connectivity index (χ0v) is 14.7. The Morgan fingerprint density at radius 3 is 2.39 bits per heavy atom. The topological polar surface area (TPSA) is 52.7 Å². The number of rotatable bonds is 6. The summed E-state index contributed by atoms with van der Waals surface area (Å²) >= 11 is 1.58. The van der Waals surface area contributed by atoms with Crippen LogP contribution < -0.4 is 5.32 Å². The lowest BCUT2D eigenvalue weighted by Crippen LogP contribution is -2.51. The van der Waals surface area contributed by atoms with Gasteiger partial charge in [0.05, 0.1) is 12.3 Å². The number of amides is 2. The standard InChI is InChI=1S/C17H25N3O2S/c1-3-18-16(21)12-19-8-10-20(11-9-19)17(22)13-23-15-6-4-14(2)5-7-15/h4-7H,3,8-13H2,1-2H3,(H,18,21). The zero-order chi connectivity index (χ0) is 16.7. The van der Waals surface area contributed by atoms with E-state index in [1.54, 1.807) is 11.8 Å². The number of piperazine rings is 1. The van der Waals surface area contributed by atoms with Crippen LogP contribution in [0.15, 0.2) is 29.2 Å². The van der Waals surface area contributed by atoms with E-state index < -0.39 is 0 Å². The molecule has 1 saturated heterocycles. The zero-order valence-electron chi connectivity index (χ0n) is 13.9. The van der Waals surface area contributed by atoms with Gasteiger partial charge >= 0.3 is 0 Å². The van der Waals surface area contributed by atoms with Crippen molar-refractivity contribution >= 4 is 23.6 Å². The first kappa shape index (κ1) is 17.8. The number of aryl methyl sites for hydroxylation is 1. The van der Waals surface area contributed by atoms with E-state index in [4.69, 9.17) is 0 Å². The van der Waals surface area contributed by atoms with E-state index in [1.807, 2.05) is 11.8 Å². The second-order valence-electron chi connectivity index (χ2n) is 5.71. The minimum absolute atomic E-state index is 0.0576. The highest BCUT2D eigenvalue weighted by molar-refractivity contribution is 8.00. The van der Waals surface area contributed by atoms with Crippen molar-refractivity contribution in [3.63, 3.8) is 0 Å². The van der Waals surface area contributed by atoms with Gasteiger partial charge in [-0.2, -0.15) is 0 Å². The summed E-state index contributed by atoms with van der Waals surface area (Å²) < 4.78 is 0. The maximum Gasteiger partial charge on any atom is 0.234 e. The van der Waals surface area contributed by atoms with Gasteiger partial charge in [-0.3, -0.25) is 14.5 Å². The second kappa shape index (κ2) is 8.93. The van der Waals surface area contributed by atoms with Crippen LogP contribution in [-0.2, 0) is 9.59 Å². The first-order valence-electron chi connectivity index (χ1n) is 8.04. The van der Waals surface area contributed by atoms with E-state index in [0.717, 1.165) is 18.0 Å². The van der Waals surface area contributed by atoms with Crippen molar-refractivity contribution < 1.29 is 9.59 Å². The molecule has 0 atom stereocenters. The van der Waals surface area contributed by atoms with E-state index in [0.29, 0.717) is 31.9 Å². The summed E-state index contributed by atoms with van der Waals surface area (Å²) in [6.07, 6.45) is 0. The minimum Gasteiger partial charge on any atom is -0.355 e. The van der Waals surface area contributed by atoms with Crippen LogP contribution >= 0.6 is 11.8 Å². The molecule has 1 aliphatic heterocycles. The average molecular weight is 335 g/mol. The highest BCUT2D eigenvalue weighted by Crippen LogP contribution is 2.19. The molecule has 0 unspecified atom stereocenters. The molecule has 5 nitrogen and oxygen atoms in total. The third-order valence-corrected chi connectivity index (χ3v) is 4.85. The molecular weight excluding hydrogens is 310 g/mol. The summed E-state index contributed by atoms with van der Waals surface area (Å²) in [6.45, 7) is 7.98. The molecule has 0 aromatic heterocycles. The Balaban J connectivity index is 1.71. The Morgan fingerprint density at radius 2 is 1.78 bits per heavy atom. The van der Waals surface area contributed by atoms with Crippen LogP contribution in [0, 0.1) is 6.92 Å². The summed E-state index contributed by atoms with van der Waals surface area (Å²) in [7, 11) is 0. The molecule has 0 radical (unpaired) electrons. The summed E-state index contributed by atoms with van der Waals surface area (Å²) in [5, 5.41) is 2.80. The van der Waals surface area contributed by atoms with Crippen LogP contribution in [0.4, 0.5) is 0 Å². The van der Waals surface area contributed by atoms with Crippen molar-refractivity contribution in [2.45, 2.75) is 18.7 Å². The highest BCUT2D eigenvalue weighted by Gasteiger charge is 2.22. The van der Waals surface area contributed by atoms with Crippen LogP contribution in [0.1, 0.15) is 12.5 Å². The Labute approximate surface area is 142 Å². The lowest BCUT2D eigenvalue weighted by atomic mass is 10.2. The van der Waals surface area contributed by atoms with E-state index in [9.17, 15) is 9.59 Å². The summed E-state index contributed by atoms with van der Waals surface area (Å²) in [6, 6.07) is 8.23. The van der Waals surface area contributed by atoms with Crippen molar-refractivity contribution in [1.82, 2.24) is 15.1 Å². The predicted octanol–water partition coefficient (Wildman–Crippen LogP) is 1.37. The normalized spacial score (nSPS) is 15.5. The van der Waals surface area contributed by atoms with Gasteiger partial charge in [0.2, 0.25) is 11.8 Å². The van der Waals surface area contributed by atoms with Crippen molar-refractivity contribution in [2.75, 3.05) is 45.0 Å². The number of nitrogens with one attached hydrogen (secondary N) is 1. The Hall–Kier alpha value is -1.53. The Kier molecular flexibility index (Phi) is 6.92. The fourth-order valence-corrected chi connectivity index (χ4v) is 3.28. The largest absolute Gasteiger partial charge is 0.355 e. The van der Waals surface area contributed by atoms with Gasteiger partial charge in [0, 0.05) is 37.6 Å². The van der Waals surface area contributed by atoms with Gasteiger partial charge < -0.3 is 10.2 Å². The molecule has 0 saturated carbocycles. The van der Waals surface area contributed by atoms with Crippen molar-refractivity contribution in [2.24, 2.45) is 0 Å². The summed E-state index contributed by atoms with van der Waals surface area (Å²) in [5.41, 5.74) is 1.23. The Morgan fingerprint density at radius 1 is 1.13 bits per heavy atom. The van der Waals surface area contributed by atoms with Gasteiger partial charge in [0.1, 0.15) is 0 Å². The van der Waals surface area contributed by atoms with Crippen LogP contribution in [0.2, 0.25) is 0 Å². The molecule has 0 spiro atoms. The number of benzene rings is 1. The summed E-state index contributed by atoms with van der Waals surface area (Å²) in [4.78, 5) is 29.0. The molecular formula is C17H25N3O2S. The number of nitrogens with zero attached hydrogens (tertiary/aromatic N) is 2. The minimum atomic E-state index is 0.0576. The first-order chi connectivity index (χ1) is 11.1. The highest BCUT2D eigenvalue weighted by atomic mass is 32.2. The van der Waals surface area contributed by atoms with Gasteiger partial charge in [-0.25, -0.2) is 0 Å².